The zero-order valence-corrected chi connectivity index (χ0v) is 73.7. The van der Waals surface area contributed by atoms with Crippen molar-refractivity contribution < 1.29 is 4.39 Å². The minimum atomic E-state index is -0.241. The second-order valence-corrected chi connectivity index (χ2v) is 36.2. The molecule has 0 saturated heterocycles. The molecule has 0 aliphatic carbocycles. The second kappa shape index (κ2) is 30.1. The van der Waals surface area contributed by atoms with Crippen LogP contribution in [0, 0.1) is 5.82 Å². The predicted octanol–water partition coefficient (Wildman–Crippen LogP) is 31.1. The largest absolute Gasteiger partial charge is 0.278 e. The van der Waals surface area contributed by atoms with Gasteiger partial charge in [0.2, 0.25) is 17.8 Å². The molecule has 0 spiro atoms. The average molecular weight is 1730 g/mol. The summed E-state index contributed by atoms with van der Waals surface area (Å²) in [5.41, 5.74) is 28.8. The minimum absolute atomic E-state index is 0.105. The third-order valence-corrected chi connectivity index (χ3v) is 27.5. The molecule has 0 fully saturated rings. The fraction of sp³-hybridized carbons (Fsp3) is 0.0328. The van der Waals surface area contributed by atoms with E-state index < -0.39 is 0 Å². The third-order valence-electron chi connectivity index (χ3n) is 27.5. The van der Waals surface area contributed by atoms with E-state index in [1.807, 2.05) is 48.5 Å². The lowest BCUT2D eigenvalue weighted by atomic mass is 9.85. The zero-order valence-electron chi connectivity index (χ0n) is 73.7. The lowest BCUT2D eigenvalue weighted by molar-refractivity contribution is 0.590. The Morgan fingerprint density at radius 3 is 0.807 bits per heavy atom. The molecular weight excluding hydrogens is 1650 g/mol. The number of hydrogen-bond donors (Lipinski definition) is 0. The molecule has 12 nitrogen and oxygen atoms in total. The molecule has 634 valence electrons. The van der Waals surface area contributed by atoms with E-state index in [1.165, 1.54) is 105 Å². The molecule has 9 heterocycles. The first-order valence-corrected chi connectivity index (χ1v) is 45.8. The van der Waals surface area contributed by atoms with Gasteiger partial charge in [-0.05, 0) is 204 Å². The molecule has 9 aromatic heterocycles. The van der Waals surface area contributed by atoms with Gasteiger partial charge in [0.05, 0.1) is 82.8 Å². The molecule has 0 aliphatic rings. The van der Waals surface area contributed by atoms with Crippen LogP contribution in [-0.4, -0.2) is 56.8 Å². The van der Waals surface area contributed by atoms with Crippen molar-refractivity contribution in [2.75, 3.05) is 0 Å². The summed E-state index contributed by atoms with van der Waals surface area (Å²) in [6.07, 6.45) is 0. The van der Waals surface area contributed by atoms with Crippen molar-refractivity contribution in [3.63, 3.8) is 0 Å². The van der Waals surface area contributed by atoms with E-state index in [0.717, 1.165) is 166 Å². The minimum Gasteiger partial charge on any atom is -0.278 e. The SMILES string of the molecule is CC(C)(C)c1ccc(-c2cc3c4ccccc4n(-c4nc5ccccc5c5nc6ccccc6n45)c3c3ccccc23)cc1.Fc1ccc(-c2cc3c4ccccc4n(-c4nc5ccccc5c5nc6ccccc6n45)c3c3ccccc23)cc1.c1ccc2c(-c3ccc(-c4cc5c6ccccc6n(-c6nc7ccccc7c7nc8ccccc8n67)c5c5ccccc45)cc3)cccc2c1. The Morgan fingerprint density at radius 2 is 0.459 bits per heavy atom. The zero-order chi connectivity index (χ0) is 89.4. The number of nitrogens with zero attached hydrogens (tertiary/aromatic N) is 12. The number of aromatic nitrogens is 12. The fourth-order valence-corrected chi connectivity index (χ4v) is 21.3. The van der Waals surface area contributed by atoms with Gasteiger partial charge < -0.3 is 0 Å². The Labute approximate surface area is 771 Å². The molecule has 0 amide bonds. The van der Waals surface area contributed by atoms with Crippen molar-refractivity contribution >= 4 is 191 Å². The van der Waals surface area contributed by atoms with E-state index in [1.54, 1.807) is 0 Å². The summed E-state index contributed by atoms with van der Waals surface area (Å²) >= 11 is 0. The van der Waals surface area contributed by atoms with E-state index in [-0.39, 0.29) is 11.2 Å². The maximum atomic E-state index is 13.9. The maximum absolute atomic E-state index is 13.9. The molecule has 20 aromatic carbocycles. The molecule has 135 heavy (non-hydrogen) atoms. The van der Waals surface area contributed by atoms with Gasteiger partial charge in [-0.3, -0.25) is 26.9 Å². The molecule has 13 heteroatoms. The van der Waals surface area contributed by atoms with Crippen molar-refractivity contribution in [1.29, 1.82) is 0 Å². The first-order chi connectivity index (χ1) is 66.5. The van der Waals surface area contributed by atoms with Gasteiger partial charge in [-0.15, -0.1) is 0 Å². The fourth-order valence-electron chi connectivity index (χ4n) is 21.3. The number of fused-ring (bicyclic) bond motifs is 31. The summed E-state index contributed by atoms with van der Waals surface area (Å²) in [6.45, 7) is 6.79. The summed E-state index contributed by atoms with van der Waals surface area (Å²) < 4.78 is 27.5. The highest BCUT2D eigenvalue weighted by Gasteiger charge is 2.29. The van der Waals surface area contributed by atoms with Gasteiger partial charge in [0.15, 0.2) is 0 Å². The van der Waals surface area contributed by atoms with Gasteiger partial charge in [0.1, 0.15) is 22.8 Å². The van der Waals surface area contributed by atoms with E-state index in [2.05, 4.69) is 412 Å². The Hall–Kier alpha value is -17.8. The van der Waals surface area contributed by atoms with Crippen LogP contribution in [-0.2, 0) is 5.41 Å². The van der Waals surface area contributed by atoms with Crippen LogP contribution in [0.3, 0.4) is 0 Å². The van der Waals surface area contributed by atoms with E-state index in [9.17, 15) is 4.39 Å². The molecule has 0 N–H and O–H groups in total. The topological polar surface area (TPSA) is 105 Å². The molecule has 0 saturated carbocycles. The van der Waals surface area contributed by atoms with Crippen LogP contribution in [0.4, 0.5) is 4.39 Å². The van der Waals surface area contributed by atoms with Crippen LogP contribution in [0.15, 0.2) is 425 Å². The Morgan fingerprint density at radius 1 is 0.200 bits per heavy atom. The molecule has 29 aromatic rings. The number of halogens is 1. The first kappa shape index (κ1) is 77.2. The van der Waals surface area contributed by atoms with Crippen molar-refractivity contribution in [3.05, 3.63) is 436 Å². The van der Waals surface area contributed by atoms with Crippen molar-refractivity contribution in [2.24, 2.45) is 0 Å². The molecule has 29 rings (SSSR count). The van der Waals surface area contributed by atoms with Gasteiger partial charge in [0, 0.05) is 64.6 Å². The number of hydrogen-bond acceptors (Lipinski definition) is 6. The molecule has 0 aliphatic heterocycles. The Balaban J connectivity index is 0.000000103. The summed E-state index contributed by atoms with van der Waals surface area (Å²) in [4.78, 5) is 31.4. The predicted molar refractivity (Wildman–Crippen MR) is 557 cm³/mol. The highest BCUT2D eigenvalue weighted by molar-refractivity contribution is 6.26. The number of para-hydroxylation sites is 12. The van der Waals surface area contributed by atoms with Crippen molar-refractivity contribution in [2.45, 2.75) is 26.2 Å². The molecule has 0 radical (unpaired) electrons. The average Bonchev–Trinajstić information content (AvgIpc) is 1.57. The Kier molecular flexibility index (Phi) is 17.2. The van der Waals surface area contributed by atoms with Crippen molar-refractivity contribution in [1.82, 2.24) is 56.8 Å². The van der Waals surface area contributed by atoms with Gasteiger partial charge in [-0.25, -0.2) is 34.3 Å². The van der Waals surface area contributed by atoms with E-state index in [4.69, 9.17) is 29.9 Å². The summed E-state index contributed by atoms with van der Waals surface area (Å²) in [5.74, 6) is 2.22. The second-order valence-electron chi connectivity index (χ2n) is 36.2. The third kappa shape index (κ3) is 12.0. The monoisotopic (exact) mass is 1730 g/mol. The van der Waals surface area contributed by atoms with Crippen LogP contribution in [0.2, 0.25) is 0 Å². The van der Waals surface area contributed by atoms with Gasteiger partial charge in [-0.1, -0.05) is 324 Å². The lowest BCUT2D eigenvalue weighted by Gasteiger charge is -2.19. The standard InChI is InChI=1S/C46H28N4.C40H30N4.C36H21FN4/c1-2-14-32-29(12-1)13-11-19-33(32)30-24-26-31(27-25-30)38-28-39-35-16-6-9-22-42(35)49(44(39)36-17-4-3-15-34(36)38)46-48-40-20-7-5-18-37(40)45-47-41-21-8-10-23-43(41)50(45)46;1-40(2,3)26-22-20-25(21-23-26)31-24-32-28-13-7-10-18-35(28)43(37(32)29-14-5-4-12-27(29)31)39-42-33-16-8-6-15-30(33)38-41-34-17-9-11-19-36(34)44(38)39;37-23-19-17-22(18-20-23)28-21-29-25-10-4-7-15-32(25)40(34(29)26-11-2-1-9-24(26)28)36-39-30-13-5-3-12-27(30)35-38-31-14-6-8-16-33(31)41(35)36/h1-28H;4-24H,1-3H3;1-21H. The summed E-state index contributed by atoms with van der Waals surface area (Å²) in [7, 11) is 0. The number of benzene rings is 20. The smallest absolute Gasteiger partial charge is 0.221 e. The molecule has 0 atom stereocenters. The van der Waals surface area contributed by atoms with Crippen LogP contribution in [0.5, 0.6) is 0 Å². The maximum Gasteiger partial charge on any atom is 0.221 e. The Bertz CT molecular complexity index is 10000. The van der Waals surface area contributed by atoms with Gasteiger partial charge >= 0.3 is 0 Å². The normalized spacial score (nSPS) is 12.1. The molecule has 0 unspecified atom stereocenters. The highest BCUT2D eigenvalue weighted by atomic mass is 19.1. The molecular formula is C122H79FN12. The van der Waals surface area contributed by atoms with Crippen LogP contribution < -0.4 is 0 Å². The lowest BCUT2D eigenvalue weighted by Crippen LogP contribution is -2.10. The quantitative estimate of drug-likeness (QED) is 0.157. The summed E-state index contributed by atoms with van der Waals surface area (Å²) in [5, 5.41) is 19.7. The van der Waals surface area contributed by atoms with Crippen LogP contribution in [0.25, 0.3) is 254 Å². The van der Waals surface area contributed by atoms with Crippen molar-refractivity contribution in [3.8, 4) is 62.4 Å². The van der Waals surface area contributed by atoms with E-state index in [0.29, 0.717) is 0 Å². The highest BCUT2D eigenvalue weighted by Crippen LogP contribution is 2.48. The van der Waals surface area contributed by atoms with Gasteiger partial charge in [0.25, 0.3) is 0 Å². The molecule has 0 bridgehead atoms. The van der Waals surface area contributed by atoms with Crippen LogP contribution in [0.1, 0.15) is 26.3 Å². The number of imidazole rings is 3. The van der Waals surface area contributed by atoms with E-state index >= 15 is 0 Å². The number of rotatable bonds is 7. The van der Waals surface area contributed by atoms with Gasteiger partial charge in [-0.2, -0.15) is 0 Å². The first-order valence-electron chi connectivity index (χ1n) is 45.8. The summed E-state index contributed by atoms with van der Waals surface area (Å²) in [6, 6.07) is 149. The van der Waals surface area contributed by atoms with Crippen LogP contribution >= 0.6 is 0 Å².